The molecule has 0 amide bonds. The maximum absolute atomic E-state index is 13.8. The van der Waals surface area contributed by atoms with Crippen LogP contribution in [0.5, 0.6) is 5.75 Å². The van der Waals surface area contributed by atoms with Gasteiger partial charge in [0, 0.05) is 30.1 Å². The number of Topliss-reactive ketones (excluding diaryl/α,β-unsaturated/α-hetero) is 1. The van der Waals surface area contributed by atoms with Crippen molar-refractivity contribution in [3.8, 4) is 5.75 Å². The zero-order valence-electron chi connectivity index (χ0n) is 14.9. The van der Waals surface area contributed by atoms with Crippen LogP contribution in [-0.4, -0.2) is 22.2 Å². The summed E-state index contributed by atoms with van der Waals surface area (Å²) in [6.07, 6.45) is 0.360. The van der Waals surface area contributed by atoms with E-state index in [1.54, 1.807) is 11.7 Å². The standard InChI is InChI=1S/C18H21BrF2N2O2/c1-10-11(15(22-23(10)5)17(24)18(2,3)4)8-9-25-16-12(19)6-7-13(20)14(16)21/h6-7H,8-9H2,1-5H3. The molecule has 0 N–H and O–H groups in total. The van der Waals surface area contributed by atoms with E-state index in [0.29, 0.717) is 16.6 Å². The summed E-state index contributed by atoms with van der Waals surface area (Å²) in [6.45, 7) is 7.45. The van der Waals surface area contributed by atoms with Crippen molar-refractivity contribution in [3.63, 3.8) is 0 Å². The number of rotatable bonds is 5. The zero-order chi connectivity index (χ0) is 18.9. The number of nitrogens with zero attached hydrogens (tertiary/aromatic N) is 2. The number of aromatic nitrogens is 2. The van der Waals surface area contributed by atoms with E-state index in [-0.39, 0.29) is 18.1 Å². The molecule has 0 fully saturated rings. The van der Waals surface area contributed by atoms with Crippen LogP contribution in [0.1, 0.15) is 42.5 Å². The zero-order valence-corrected chi connectivity index (χ0v) is 16.5. The highest BCUT2D eigenvalue weighted by Gasteiger charge is 2.29. The second-order valence-electron chi connectivity index (χ2n) is 6.89. The summed E-state index contributed by atoms with van der Waals surface area (Å²) in [5, 5.41) is 4.32. The summed E-state index contributed by atoms with van der Waals surface area (Å²) in [5.74, 6) is -2.25. The maximum Gasteiger partial charge on any atom is 0.201 e. The third-order valence-electron chi connectivity index (χ3n) is 3.95. The highest BCUT2D eigenvalue weighted by atomic mass is 79.9. The molecule has 0 unspecified atom stereocenters. The molecular weight excluding hydrogens is 394 g/mol. The summed E-state index contributed by atoms with van der Waals surface area (Å²) in [6, 6.07) is 2.41. The van der Waals surface area contributed by atoms with Gasteiger partial charge in [-0.15, -0.1) is 0 Å². The van der Waals surface area contributed by atoms with Crippen molar-refractivity contribution in [2.24, 2.45) is 12.5 Å². The molecule has 136 valence electrons. The van der Waals surface area contributed by atoms with Crippen LogP contribution in [0, 0.1) is 24.0 Å². The Morgan fingerprint density at radius 3 is 2.56 bits per heavy atom. The van der Waals surface area contributed by atoms with Crippen LogP contribution in [0.4, 0.5) is 8.78 Å². The minimum absolute atomic E-state index is 0.0654. The Morgan fingerprint density at radius 1 is 1.32 bits per heavy atom. The summed E-state index contributed by atoms with van der Waals surface area (Å²) >= 11 is 3.15. The van der Waals surface area contributed by atoms with Gasteiger partial charge in [-0.05, 0) is 35.0 Å². The maximum atomic E-state index is 13.8. The molecule has 0 aliphatic heterocycles. The second kappa shape index (κ2) is 7.23. The van der Waals surface area contributed by atoms with E-state index in [0.717, 1.165) is 17.3 Å². The van der Waals surface area contributed by atoms with Gasteiger partial charge in [-0.3, -0.25) is 9.48 Å². The summed E-state index contributed by atoms with van der Waals surface area (Å²) in [4.78, 5) is 12.6. The van der Waals surface area contributed by atoms with Crippen LogP contribution in [-0.2, 0) is 13.5 Å². The quantitative estimate of drug-likeness (QED) is 0.529. The van der Waals surface area contributed by atoms with E-state index in [1.807, 2.05) is 27.7 Å². The molecule has 0 aliphatic carbocycles. The van der Waals surface area contributed by atoms with Crippen molar-refractivity contribution in [2.45, 2.75) is 34.1 Å². The van der Waals surface area contributed by atoms with Crippen molar-refractivity contribution in [3.05, 3.63) is 45.2 Å². The van der Waals surface area contributed by atoms with Gasteiger partial charge in [0.15, 0.2) is 17.3 Å². The fourth-order valence-electron chi connectivity index (χ4n) is 2.38. The number of halogens is 3. The smallest absolute Gasteiger partial charge is 0.201 e. The van der Waals surface area contributed by atoms with Gasteiger partial charge in [0.2, 0.25) is 5.82 Å². The first-order valence-corrected chi connectivity index (χ1v) is 8.67. The average Bonchev–Trinajstić information content (AvgIpc) is 2.80. The van der Waals surface area contributed by atoms with Gasteiger partial charge in [0.25, 0.3) is 0 Å². The Morgan fingerprint density at radius 2 is 1.96 bits per heavy atom. The van der Waals surface area contributed by atoms with E-state index >= 15 is 0 Å². The van der Waals surface area contributed by atoms with Crippen LogP contribution in [0.15, 0.2) is 16.6 Å². The Kier molecular flexibility index (Phi) is 5.66. The van der Waals surface area contributed by atoms with Gasteiger partial charge >= 0.3 is 0 Å². The molecule has 25 heavy (non-hydrogen) atoms. The van der Waals surface area contributed by atoms with E-state index in [1.165, 1.54) is 6.07 Å². The predicted octanol–water partition coefficient (Wildman–Crippen LogP) is 4.62. The summed E-state index contributed by atoms with van der Waals surface area (Å²) in [5.41, 5.74) is 1.44. The molecule has 1 aromatic carbocycles. The molecule has 0 bridgehead atoms. The number of carbonyl (C=O) groups excluding carboxylic acids is 1. The van der Waals surface area contributed by atoms with Crippen LogP contribution in [0.3, 0.4) is 0 Å². The van der Waals surface area contributed by atoms with Gasteiger partial charge in [-0.1, -0.05) is 20.8 Å². The number of aryl methyl sites for hydroxylation is 1. The highest BCUT2D eigenvalue weighted by molar-refractivity contribution is 9.10. The Balaban J connectivity index is 2.22. The van der Waals surface area contributed by atoms with Crippen LogP contribution < -0.4 is 4.74 Å². The molecule has 1 heterocycles. The van der Waals surface area contributed by atoms with Crippen LogP contribution in [0.25, 0.3) is 0 Å². The number of hydrogen-bond donors (Lipinski definition) is 0. The van der Waals surface area contributed by atoms with E-state index < -0.39 is 17.0 Å². The highest BCUT2D eigenvalue weighted by Crippen LogP contribution is 2.30. The second-order valence-corrected chi connectivity index (χ2v) is 7.74. The Bertz CT molecular complexity index is 810. The normalized spacial score (nSPS) is 11.7. The summed E-state index contributed by atoms with van der Waals surface area (Å²) in [7, 11) is 1.77. The SMILES string of the molecule is Cc1c(CCOc2c(Br)ccc(F)c2F)c(C(=O)C(C)(C)C)nn1C. The van der Waals surface area contributed by atoms with Crippen molar-refractivity contribution in [1.29, 1.82) is 0 Å². The molecule has 7 heteroatoms. The third kappa shape index (κ3) is 4.08. The molecule has 0 saturated carbocycles. The monoisotopic (exact) mass is 414 g/mol. The fourth-order valence-corrected chi connectivity index (χ4v) is 2.81. The fraction of sp³-hybridized carbons (Fsp3) is 0.444. The Hall–Kier alpha value is -1.76. The lowest BCUT2D eigenvalue weighted by molar-refractivity contribution is 0.0851. The number of hydrogen-bond acceptors (Lipinski definition) is 3. The first kappa shape index (κ1) is 19.6. The van der Waals surface area contributed by atoms with E-state index in [2.05, 4.69) is 21.0 Å². The molecule has 2 aromatic rings. The molecule has 2 rings (SSSR count). The predicted molar refractivity (Wildman–Crippen MR) is 95.0 cm³/mol. The molecule has 0 spiro atoms. The third-order valence-corrected chi connectivity index (χ3v) is 4.58. The largest absolute Gasteiger partial charge is 0.489 e. The lowest BCUT2D eigenvalue weighted by Gasteiger charge is -2.16. The first-order valence-electron chi connectivity index (χ1n) is 7.87. The van der Waals surface area contributed by atoms with Gasteiger partial charge in [0.1, 0.15) is 5.69 Å². The van der Waals surface area contributed by atoms with Crippen LogP contribution >= 0.6 is 15.9 Å². The number of ketones is 1. The lowest BCUT2D eigenvalue weighted by atomic mass is 9.87. The molecule has 0 atom stereocenters. The van der Waals surface area contributed by atoms with Crippen molar-refractivity contribution in [1.82, 2.24) is 9.78 Å². The number of carbonyl (C=O) groups is 1. The molecular formula is C18H21BrF2N2O2. The van der Waals surface area contributed by atoms with E-state index in [9.17, 15) is 13.6 Å². The van der Waals surface area contributed by atoms with Gasteiger partial charge in [-0.25, -0.2) is 4.39 Å². The van der Waals surface area contributed by atoms with Crippen molar-refractivity contribution >= 4 is 21.7 Å². The molecule has 0 saturated heterocycles. The molecule has 1 aromatic heterocycles. The van der Waals surface area contributed by atoms with Crippen molar-refractivity contribution in [2.75, 3.05) is 6.61 Å². The number of ether oxygens (including phenoxy) is 1. The molecule has 0 radical (unpaired) electrons. The van der Waals surface area contributed by atoms with Gasteiger partial charge < -0.3 is 4.74 Å². The topological polar surface area (TPSA) is 44.1 Å². The van der Waals surface area contributed by atoms with Crippen molar-refractivity contribution < 1.29 is 18.3 Å². The van der Waals surface area contributed by atoms with Gasteiger partial charge in [-0.2, -0.15) is 9.49 Å². The van der Waals surface area contributed by atoms with E-state index in [4.69, 9.17) is 4.74 Å². The minimum atomic E-state index is -1.04. The minimum Gasteiger partial charge on any atom is -0.489 e. The first-order chi connectivity index (χ1) is 11.5. The lowest BCUT2D eigenvalue weighted by Crippen LogP contribution is -2.22. The number of benzene rings is 1. The van der Waals surface area contributed by atoms with Gasteiger partial charge in [0.05, 0.1) is 11.1 Å². The average molecular weight is 415 g/mol. The Labute approximate surface area is 154 Å². The summed E-state index contributed by atoms with van der Waals surface area (Å²) < 4.78 is 34.6. The van der Waals surface area contributed by atoms with Crippen LogP contribution in [0.2, 0.25) is 0 Å². The molecule has 0 aliphatic rings. The molecule has 4 nitrogen and oxygen atoms in total.